The lowest BCUT2D eigenvalue weighted by Gasteiger charge is -2.23. The van der Waals surface area contributed by atoms with Crippen LogP contribution in [0.1, 0.15) is 12.5 Å². The van der Waals surface area contributed by atoms with Gasteiger partial charge in [-0.2, -0.15) is 0 Å². The average Bonchev–Trinajstić information content (AvgIpc) is 2.37. The number of hydrogen-bond donors (Lipinski definition) is 2. The molecule has 1 heterocycles. The van der Waals surface area contributed by atoms with Gasteiger partial charge >= 0.3 is 0 Å². The summed E-state index contributed by atoms with van der Waals surface area (Å²) in [7, 11) is 3.47. The third-order valence-electron chi connectivity index (χ3n) is 2.67. The van der Waals surface area contributed by atoms with E-state index in [4.69, 9.17) is 15.7 Å². The maximum atomic E-state index is 8.62. The van der Waals surface area contributed by atoms with Crippen LogP contribution in [-0.2, 0) is 6.54 Å². The number of ether oxygens (including phenoxy) is 1. The van der Waals surface area contributed by atoms with Gasteiger partial charge < -0.3 is 15.7 Å². The minimum absolute atomic E-state index is 0.162. The van der Waals surface area contributed by atoms with E-state index >= 15 is 0 Å². The Kier molecular flexibility index (Phi) is 4.71. The Labute approximate surface area is 101 Å². The molecule has 0 aromatic carbocycles. The van der Waals surface area contributed by atoms with Crippen LogP contribution in [0.15, 0.2) is 23.5 Å². The molecular formula is C11H18N4O2. The number of amidine groups is 1. The van der Waals surface area contributed by atoms with Crippen LogP contribution >= 0.6 is 0 Å². The first kappa shape index (κ1) is 13.2. The molecule has 6 heteroatoms. The van der Waals surface area contributed by atoms with Gasteiger partial charge in [-0.25, -0.2) is 4.98 Å². The number of aromatic nitrogens is 1. The van der Waals surface area contributed by atoms with Crippen molar-refractivity contribution in [3.8, 4) is 5.88 Å². The van der Waals surface area contributed by atoms with Gasteiger partial charge in [0.15, 0.2) is 5.84 Å². The number of nitrogens with two attached hydrogens (primary N) is 1. The number of pyridine rings is 1. The maximum absolute atomic E-state index is 8.62. The summed E-state index contributed by atoms with van der Waals surface area (Å²) in [4.78, 5) is 6.05. The summed E-state index contributed by atoms with van der Waals surface area (Å²) in [6.07, 6.45) is 1.68. The Balaban J connectivity index is 2.77. The van der Waals surface area contributed by atoms with E-state index in [1.54, 1.807) is 13.3 Å². The Morgan fingerprint density at radius 3 is 3.00 bits per heavy atom. The largest absolute Gasteiger partial charge is 0.481 e. The van der Waals surface area contributed by atoms with Crippen molar-refractivity contribution >= 4 is 5.84 Å². The van der Waals surface area contributed by atoms with E-state index in [1.165, 1.54) is 0 Å². The lowest BCUT2D eigenvalue weighted by atomic mass is 10.2. The van der Waals surface area contributed by atoms with E-state index in [9.17, 15) is 0 Å². The first-order valence-corrected chi connectivity index (χ1v) is 5.25. The maximum Gasteiger partial charge on any atom is 0.217 e. The predicted molar refractivity (Wildman–Crippen MR) is 65.1 cm³/mol. The molecule has 1 unspecified atom stereocenters. The van der Waals surface area contributed by atoms with Gasteiger partial charge in [0.25, 0.3) is 0 Å². The second kappa shape index (κ2) is 6.05. The number of oxime groups is 1. The molecule has 0 radical (unpaired) electrons. The monoisotopic (exact) mass is 238 g/mol. The van der Waals surface area contributed by atoms with Crippen LogP contribution in [0, 0.1) is 0 Å². The Hall–Kier alpha value is -1.82. The fourth-order valence-corrected chi connectivity index (χ4v) is 1.44. The minimum atomic E-state index is -0.162. The van der Waals surface area contributed by atoms with Crippen LogP contribution in [0.4, 0.5) is 0 Å². The van der Waals surface area contributed by atoms with Gasteiger partial charge in [-0.15, -0.1) is 0 Å². The number of nitrogens with zero attached hydrogens (tertiary/aromatic N) is 3. The lowest BCUT2D eigenvalue weighted by Crippen LogP contribution is -2.40. The van der Waals surface area contributed by atoms with Gasteiger partial charge in [0.1, 0.15) is 0 Å². The zero-order valence-corrected chi connectivity index (χ0v) is 10.3. The van der Waals surface area contributed by atoms with E-state index in [1.807, 2.05) is 31.0 Å². The highest BCUT2D eigenvalue weighted by Crippen LogP contribution is 2.16. The second-order valence-corrected chi connectivity index (χ2v) is 3.79. The predicted octanol–water partition coefficient (Wildman–Crippen LogP) is 0.657. The molecule has 0 aliphatic rings. The van der Waals surface area contributed by atoms with Gasteiger partial charge in [-0.3, -0.25) is 4.90 Å². The van der Waals surface area contributed by atoms with Crippen molar-refractivity contribution in [3.63, 3.8) is 0 Å². The summed E-state index contributed by atoms with van der Waals surface area (Å²) < 4.78 is 5.16. The molecule has 0 spiro atoms. The van der Waals surface area contributed by atoms with Crippen LogP contribution in [0.2, 0.25) is 0 Å². The zero-order chi connectivity index (χ0) is 12.8. The van der Waals surface area contributed by atoms with Crippen molar-refractivity contribution in [3.05, 3.63) is 23.9 Å². The van der Waals surface area contributed by atoms with Crippen molar-refractivity contribution < 1.29 is 9.94 Å². The summed E-state index contributed by atoms with van der Waals surface area (Å²) in [5.41, 5.74) is 6.51. The van der Waals surface area contributed by atoms with Crippen LogP contribution in [0.3, 0.4) is 0 Å². The Morgan fingerprint density at radius 2 is 2.41 bits per heavy atom. The zero-order valence-electron chi connectivity index (χ0n) is 10.3. The molecule has 0 amide bonds. The molecule has 3 N–H and O–H groups in total. The van der Waals surface area contributed by atoms with E-state index in [2.05, 4.69) is 10.1 Å². The minimum Gasteiger partial charge on any atom is -0.481 e. The molecule has 1 aromatic rings. The first-order chi connectivity index (χ1) is 8.10. The molecule has 0 aliphatic heterocycles. The molecule has 0 fully saturated rings. The smallest absolute Gasteiger partial charge is 0.217 e. The van der Waals surface area contributed by atoms with Crippen molar-refractivity contribution in [2.75, 3.05) is 14.2 Å². The average molecular weight is 238 g/mol. The van der Waals surface area contributed by atoms with Crippen molar-refractivity contribution in [1.82, 2.24) is 9.88 Å². The van der Waals surface area contributed by atoms with Crippen molar-refractivity contribution in [2.24, 2.45) is 10.9 Å². The van der Waals surface area contributed by atoms with Crippen LogP contribution < -0.4 is 10.5 Å². The molecule has 1 atom stereocenters. The molecule has 6 nitrogen and oxygen atoms in total. The van der Waals surface area contributed by atoms with Gasteiger partial charge in [0.05, 0.1) is 13.2 Å². The molecule has 0 saturated heterocycles. The summed E-state index contributed by atoms with van der Waals surface area (Å²) in [5.74, 6) is 0.765. The molecule has 1 rings (SSSR count). The van der Waals surface area contributed by atoms with Crippen LogP contribution in [0.5, 0.6) is 5.88 Å². The highest BCUT2D eigenvalue weighted by atomic mass is 16.5. The fourth-order valence-electron chi connectivity index (χ4n) is 1.44. The number of hydrogen-bond acceptors (Lipinski definition) is 5. The summed E-state index contributed by atoms with van der Waals surface area (Å²) in [6, 6.07) is 3.62. The summed E-state index contributed by atoms with van der Waals surface area (Å²) in [6.45, 7) is 2.46. The number of likely N-dealkylation sites (N-methyl/N-ethyl adjacent to an activating group) is 1. The summed E-state index contributed by atoms with van der Waals surface area (Å²) >= 11 is 0. The topological polar surface area (TPSA) is 84.0 Å². The number of methoxy groups -OCH3 is 1. The molecule has 0 saturated carbocycles. The molecule has 0 bridgehead atoms. The van der Waals surface area contributed by atoms with E-state index in [0.29, 0.717) is 12.4 Å². The lowest BCUT2D eigenvalue weighted by molar-refractivity contribution is 0.274. The standard InChI is InChI=1S/C11H18N4O2/c1-8(10(12)14-16)15(2)7-9-5-4-6-13-11(9)17-3/h4-6,8,16H,7H2,1-3H3,(H2,12,14). The molecule has 94 valence electrons. The van der Waals surface area contributed by atoms with Crippen molar-refractivity contribution in [1.29, 1.82) is 0 Å². The quantitative estimate of drug-likeness (QED) is 0.341. The third kappa shape index (κ3) is 3.32. The molecule has 0 aliphatic carbocycles. The van der Waals surface area contributed by atoms with Crippen molar-refractivity contribution in [2.45, 2.75) is 19.5 Å². The van der Waals surface area contributed by atoms with Gasteiger partial charge in [-0.1, -0.05) is 11.2 Å². The van der Waals surface area contributed by atoms with Crippen LogP contribution in [-0.4, -0.2) is 41.1 Å². The highest BCUT2D eigenvalue weighted by Gasteiger charge is 2.15. The molecule has 17 heavy (non-hydrogen) atoms. The second-order valence-electron chi connectivity index (χ2n) is 3.79. The van der Waals surface area contributed by atoms with Crippen LogP contribution in [0.25, 0.3) is 0 Å². The Bertz CT molecular complexity index is 395. The van der Waals surface area contributed by atoms with Gasteiger partial charge in [-0.05, 0) is 20.0 Å². The Morgan fingerprint density at radius 1 is 1.71 bits per heavy atom. The van der Waals surface area contributed by atoms with E-state index in [0.717, 1.165) is 5.56 Å². The van der Waals surface area contributed by atoms with Gasteiger partial charge in [0.2, 0.25) is 5.88 Å². The van der Waals surface area contributed by atoms with E-state index in [-0.39, 0.29) is 11.9 Å². The first-order valence-electron chi connectivity index (χ1n) is 5.25. The number of rotatable bonds is 5. The fraction of sp³-hybridized carbons (Fsp3) is 0.455. The molecule has 1 aromatic heterocycles. The SMILES string of the molecule is COc1ncccc1CN(C)C(C)C(N)=NO. The normalized spacial score (nSPS) is 13.8. The van der Waals surface area contributed by atoms with E-state index < -0.39 is 0 Å². The third-order valence-corrected chi connectivity index (χ3v) is 2.67. The summed E-state index contributed by atoms with van der Waals surface area (Å²) in [5, 5.41) is 11.6. The van der Waals surface area contributed by atoms with Gasteiger partial charge in [0, 0.05) is 18.3 Å². The molecular weight excluding hydrogens is 220 g/mol. The highest BCUT2D eigenvalue weighted by molar-refractivity contribution is 5.84.